The number of carbonyl (C=O) groups is 1. The molecule has 1 saturated heterocycles. The van der Waals surface area contributed by atoms with Gasteiger partial charge in [-0.25, -0.2) is 0 Å². The van der Waals surface area contributed by atoms with Crippen LogP contribution >= 0.6 is 27.5 Å². The number of carbonyl (C=O) groups excluding carboxylic acids is 1. The summed E-state index contributed by atoms with van der Waals surface area (Å²) in [4.78, 5) is 14.8. The van der Waals surface area contributed by atoms with Gasteiger partial charge in [0.05, 0.1) is 5.56 Å². The summed E-state index contributed by atoms with van der Waals surface area (Å²) in [6.07, 6.45) is 3.16. The fourth-order valence-electron chi connectivity index (χ4n) is 2.61. The lowest BCUT2D eigenvalue weighted by Crippen LogP contribution is -2.49. The Bertz CT molecular complexity index is 475. The molecule has 5 heteroatoms. The Morgan fingerprint density at radius 1 is 1.55 bits per heavy atom. The van der Waals surface area contributed by atoms with E-state index in [4.69, 9.17) is 11.6 Å². The van der Waals surface area contributed by atoms with Crippen LogP contribution in [0, 0.1) is 0 Å². The maximum absolute atomic E-state index is 12.8. The van der Waals surface area contributed by atoms with Gasteiger partial charge < -0.3 is 10.2 Å². The standard InChI is InChI=1S/C15H20BrClN2O/c1-2-8-19(12-4-3-7-18-10-12)15(20)13-6-5-11(17)9-14(13)16/h5-6,9,12,18H,2-4,7-8,10H2,1H3. The molecule has 1 N–H and O–H groups in total. The minimum atomic E-state index is 0.0871. The van der Waals surface area contributed by atoms with Crippen molar-refractivity contribution in [1.29, 1.82) is 0 Å². The predicted octanol–water partition coefficient (Wildman–Crippen LogP) is 3.71. The second-order valence-corrected chi connectivity index (χ2v) is 6.41. The molecule has 0 saturated carbocycles. The number of benzene rings is 1. The van der Waals surface area contributed by atoms with E-state index >= 15 is 0 Å². The molecule has 1 amide bonds. The Morgan fingerprint density at radius 3 is 2.95 bits per heavy atom. The van der Waals surface area contributed by atoms with Gasteiger partial charge in [-0.15, -0.1) is 0 Å². The number of nitrogens with zero attached hydrogens (tertiary/aromatic N) is 1. The van der Waals surface area contributed by atoms with Gasteiger partial charge in [0, 0.05) is 28.6 Å². The Labute approximate surface area is 133 Å². The van der Waals surface area contributed by atoms with Crippen LogP contribution in [0.5, 0.6) is 0 Å². The second kappa shape index (κ2) is 7.43. The lowest BCUT2D eigenvalue weighted by atomic mass is 10.0. The van der Waals surface area contributed by atoms with E-state index in [0.29, 0.717) is 16.6 Å². The van der Waals surface area contributed by atoms with Crippen LogP contribution in [0.15, 0.2) is 22.7 Å². The van der Waals surface area contributed by atoms with Crippen molar-refractivity contribution in [3.8, 4) is 0 Å². The highest BCUT2D eigenvalue weighted by Gasteiger charge is 2.26. The Kier molecular flexibility index (Phi) is 5.87. The summed E-state index contributed by atoms with van der Waals surface area (Å²) in [5.74, 6) is 0.0871. The normalized spacial score (nSPS) is 18.9. The van der Waals surface area contributed by atoms with E-state index in [2.05, 4.69) is 28.2 Å². The molecule has 3 nitrogen and oxygen atoms in total. The van der Waals surface area contributed by atoms with Crippen molar-refractivity contribution in [1.82, 2.24) is 10.2 Å². The molecule has 0 radical (unpaired) electrons. The highest BCUT2D eigenvalue weighted by atomic mass is 79.9. The van der Waals surface area contributed by atoms with E-state index in [9.17, 15) is 4.79 Å². The Hall–Kier alpha value is -0.580. The van der Waals surface area contributed by atoms with Crippen LogP contribution in [0.25, 0.3) is 0 Å². The molecule has 1 unspecified atom stereocenters. The van der Waals surface area contributed by atoms with Crippen molar-refractivity contribution in [2.75, 3.05) is 19.6 Å². The number of amides is 1. The number of halogens is 2. The molecule has 1 fully saturated rings. The molecule has 0 bridgehead atoms. The lowest BCUT2D eigenvalue weighted by molar-refractivity contribution is 0.0648. The van der Waals surface area contributed by atoms with Crippen molar-refractivity contribution >= 4 is 33.4 Å². The van der Waals surface area contributed by atoms with Gasteiger partial charge in [0.15, 0.2) is 0 Å². The molecule has 1 aliphatic heterocycles. The van der Waals surface area contributed by atoms with Crippen LogP contribution in [0.2, 0.25) is 5.02 Å². The van der Waals surface area contributed by atoms with Gasteiger partial charge in [-0.3, -0.25) is 4.79 Å². The van der Waals surface area contributed by atoms with Gasteiger partial charge in [-0.2, -0.15) is 0 Å². The molecule has 2 rings (SSSR count). The third kappa shape index (κ3) is 3.74. The summed E-state index contributed by atoms with van der Waals surface area (Å²) >= 11 is 9.39. The van der Waals surface area contributed by atoms with E-state index in [-0.39, 0.29) is 5.91 Å². The highest BCUT2D eigenvalue weighted by Crippen LogP contribution is 2.24. The topological polar surface area (TPSA) is 32.3 Å². The van der Waals surface area contributed by atoms with Crippen molar-refractivity contribution in [3.05, 3.63) is 33.3 Å². The first-order valence-corrected chi connectivity index (χ1v) is 8.27. The van der Waals surface area contributed by atoms with E-state index in [0.717, 1.165) is 43.4 Å². The first kappa shape index (κ1) is 15.8. The average Bonchev–Trinajstić information content (AvgIpc) is 2.45. The molecule has 1 atom stereocenters. The molecular weight excluding hydrogens is 340 g/mol. The molecule has 0 spiro atoms. The zero-order valence-corrected chi connectivity index (χ0v) is 14.0. The highest BCUT2D eigenvalue weighted by molar-refractivity contribution is 9.10. The fraction of sp³-hybridized carbons (Fsp3) is 0.533. The van der Waals surface area contributed by atoms with Gasteiger partial charge in [0.2, 0.25) is 0 Å². The first-order valence-electron chi connectivity index (χ1n) is 7.10. The van der Waals surface area contributed by atoms with Crippen LogP contribution in [0.1, 0.15) is 36.5 Å². The van der Waals surface area contributed by atoms with Gasteiger partial charge in [-0.1, -0.05) is 18.5 Å². The maximum Gasteiger partial charge on any atom is 0.255 e. The fourth-order valence-corrected chi connectivity index (χ4v) is 3.46. The Balaban J connectivity index is 2.21. The molecule has 110 valence electrons. The third-order valence-corrected chi connectivity index (χ3v) is 4.49. The van der Waals surface area contributed by atoms with Crippen LogP contribution in [0.3, 0.4) is 0 Å². The zero-order chi connectivity index (χ0) is 14.5. The van der Waals surface area contributed by atoms with Gasteiger partial charge >= 0.3 is 0 Å². The molecule has 20 heavy (non-hydrogen) atoms. The SMILES string of the molecule is CCCN(C(=O)c1ccc(Cl)cc1Br)C1CCCNC1. The van der Waals surface area contributed by atoms with Gasteiger partial charge in [-0.05, 0) is 59.9 Å². The van der Waals surface area contributed by atoms with E-state index in [1.54, 1.807) is 18.2 Å². The monoisotopic (exact) mass is 358 g/mol. The average molecular weight is 360 g/mol. The second-order valence-electron chi connectivity index (χ2n) is 5.12. The molecular formula is C15H20BrClN2O. The largest absolute Gasteiger partial charge is 0.334 e. The van der Waals surface area contributed by atoms with Crippen LogP contribution in [0.4, 0.5) is 0 Å². The maximum atomic E-state index is 12.8. The molecule has 1 heterocycles. The number of rotatable bonds is 4. The lowest BCUT2D eigenvalue weighted by Gasteiger charge is -2.35. The summed E-state index contributed by atoms with van der Waals surface area (Å²) in [5.41, 5.74) is 0.688. The predicted molar refractivity (Wildman–Crippen MR) is 86.4 cm³/mol. The van der Waals surface area contributed by atoms with Crippen LogP contribution in [-0.4, -0.2) is 36.5 Å². The van der Waals surface area contributed by atoms with E-state index in [1.165, 1.54) is 0 Å². The van der Waals surface area contributed by atoms with Gasteiger partial charge in [0.25, 0.3) is 5.91 Å². The van der Waals surface area contributed by atoms with Crippen LogP contribution < -0.4 is 5.32 Å². The number of hydrogen-bond acceptors (Lipinski definition) is 2. The van der Waals surface area contributed by atoms with Crippen molar-refractivity contribution in [3.63, 3.8) is 0 Å². The molecule has 1 aromatic rings. The Morgan fingerprint density at radius 2 is 2.35 bits per heavy atom. The summed E-state index contributed by atoms with van der Waals surface area (Å²) in [6, 6.07) is 5.63. The summed E-state index contributed by atoms with van der Waals surface area (Å²) in [5, 5.41) is 4.01. The first-order chi connectivity index (χ1) is 9.63. The van der Waals surface area contributed by atoms with Crippen molar-refractivity contribution < 1.29 is 4.79 Å². The quantitative estimate of drug-likeness (QED) is 0.889. The summed E-state index contributed by atoms with van der Waals surface area (Å²) in [7, 11) is 0. The molecule has 0 aromatic heterocycles. The van der Waals surface area contributed by atoms with Crippen LogP contribution in [-0.2, 0) is 0 Å². The smallest absolute Gasteiger partial charge is 0.255 e. The summed E-state index contributed by atoms with van der Waals surface area (Å²) < 4.78 is 0.764. The minimum absolute atomic E-state index is 0.0871. The molecule has 1 aliphatic rings. The zero-order valence-electron chi connectivity index (χ0n) is 11.7. The third-order valence-electron chi connectivity index (χ3n) is 3.60. The van der Waals surface area contributed by atoms with Gasteiger partial charge in [0.1, 0.15) is 0 Å². The number of piperidine rings is 1. The van der Waals surface area contributed by atoms with Crippen molar-refractivity contribution in [2.24, 2.45) is 0 Å². The summed E-state index contributed by atoms with van der Waals surface area (Å²) in [6.45, 7) is 4.83. The van der Waals surface area contributed by atoms with E-state index < -0.39 is 0 Å². The number of hydrogen-bond donors (Lipinski definition) is 1. The molecule has 0 aliphatic carbocycles. The van der Waals surface area contributed by atoms with Crippen molar-refractivity contribution in [2.45, 2.75) is 32.2 Å². The van der Waals surface area contributed by atoms with E-state index in [1.807, 2.05) is 4.90 Å². The minimum Gasteiger partial charge on any atom is -0.334 e. The molecule has 1 aromatic carbocycles. The number of nitrogens with one attached hydrogen (secondary N) is 1.